The number of aliphatic hydroxyl groups excluding tert-OH is 3. The van der Waals surface area contributed by atoms with E-state index in [1.54, 1.807) is 0 Å². The van der Waals surface area contributed by atoms with Crippen LogP contribution in [0, 0.1) is 0 Å². The predicted molar refractivity (Wildman–Crippen MR) is 33.2 cm³/mol. The molecule has 4 nitrogen and oxygen atoms in total. The molecular weight excluding hydrogens is 136 g/mol. The van der Waals surface area contributed by atoms with Crippen molar-refractivity contribution >= 4 is 0 Å². The average molecular weight is 148 g/mol. The van der Waals surface area contributed by atoms with Gasteiger partial charge in [0, 0.05) is 0 Å². The molecule has 4 heteroatoms. The van der Waals surface area contributed by atoms with Gasteiger partial charge in [-0.1, -0.05) is 6.92 Å². The van der Waals surface area contributed by atoms with Gasteiger partial charge in [0.1, 0.15) is 12.2 Å². The van der Waals surface area contributed by atoms with Crippen LogP contribution in [0.25, 0.3) is 0 Å². The van der Waals surface area contributed by atoms with Gasteiger partial charge in [0.2, 0.25) is 0 Å². The second-order valence-electron chi connectivity index (χ2n) is 2.45. The highest BCUT2D eigenvalue weighted by atomic mass is 16.6. The molecule has 0 aromatic carbocycles. The maximum atomic E-state index is 9.09. The molecule has 0 aromatic heterocycles. The Morgan fingerprint density at radius 2 is 1.80 bits per heavy atom. The van der Waals surface area contributed by atoms with Gasteiger partial charge in [0.05, 0.1) is 6.10 Å². The number of hydrogen-bond donors (Lipinski definition) is 3. The smallest absolute Gasteiger partial charge is 0.183 e. The summed E-state index contributed by atoms with van der Waals surface area (Å²) >= 11 is 0. The van der Waals surface area contributed by atoms with Gasteiger partial charge in [-0.05, 0) is 6.42 Å². The van der Waals surface area contributed by atoms with E-state index in [2.05, 4.69) is 0 Å². The topological polar surface area (TPSA) is 69.9 Å². The molecule has 1 aliphatic rings. The van der Waals surface area contributed by atoms with Crippen molar-refractivity contribution in [1.82, 2.24) is 0 Å². The van der Waals surface area contributed by atoms with E-state index >= 15 is 0 Å². The third kappa shape index (κ3) is 1.15. The summed E-state index contributed by atoms with van der Waals surface area (Å²) in [5.74, 6) is 0. The lowest BCUT2D eigenvalue weighted by atomic mass is 10.1. The van der Waals surface area contributed by atoms with Crippen molar-refractivity contribution in [2.24, 2.45) is 0 Å². The second-order valence-corrected chi connectivity index (χ2v) is 2.45. The molecule has 60 valence electrons. The van der Waals surface area contributed by atoms with Crippen molar-refractivity contribution in [2.45, 2.75) is 37.9 Å². The Hall–Kier alpha value is -0.160. The van der Waals surface area contributed by atoms with Crippen LogP contribution in [0.3, 0.4) is 0 Å². The van der Waals surface area contributed by atoms with E-state index in [-0.39, 0.29) is 0 Å². The van der Waals surface area contributed by atoms with Crippen LogP contribution in [-0.4, -0.2) is 39.9 Å². The Bertz CT molecular complexity index is 116. The van der Waals surface area contributed by atoms with Crippen molar-refractivity contribution in [3.63, 3.8) is 0 Å². The summed E-state index contributed by atoms with van der Waals surface area (Å²) in [5, 5.41) is 26.9. The number of rotatable bonds is 1. The molecule has 1 saturated heterocycles. The molecule has 1 rings (SSSR count). The summed E-state index contributed by atoms with van der Waals surface area (Å²) in [6.45, 7) is 1.82. The fourth-order valence-electron chi connectivity index (χ4n) is 1.07. The summed E-state index contributed by atoms with van der Waals surface area (Å²) in [5.41, 5.74) is 0. The normalized spacial score (nSPS) is 48.0. The Labute approximate surface area is 59.1 Å². The Morgan fingerprint density at radius 1 is 1.20 bits per heavy atom. The van der Waals surface area contributed by atoms with E-state index in [4.69, 9.17) is 20.1 Å². The summed E-state index contributed by atoms with van der Waals surface area (Å²) < 4.78 is 4.79. The van der Waals surface area contributed by atoms with Crippen LogP contribution < -0.4 is 0 Å². The summed E-state index contributed by atoms with van der Waals surface area (Å²) in [7, 11) is 0. The van der Waals surface area contributed by atoms with Crippen LogP contribution in [0.2, 0.25) is 0 Å². The zero-order valence-electron chi connectivity index (χ0n) is 5.77. The Balaban J connectivity index is 2.53. The van der Waals surface area contributed by atoms with Crippen molar-refractivity contribution in [3.05, 3.63) is 0 Å². The largest absolute Gasteiger partial charge is 0.387 e. The molecule has 1 aliphatic heterocycles. The van der Waals surface area contributed by atoms with Crippen molar-refractivity contribution < 1.29 is 20.1 Å². The molecule has 0 bridgehead atoms. The van der Waals surface area contributed by atoms with Crippen LogP contribution in [0.4, 0.5) is 0 Å². The summed E-state index contributed by atoms with van der Waals surface area (Å²) in [6.07, 6.45) is -3.15. The van der Waals surface area contributed by atoms with Crippen LogP contribution in [0.15, 0.2) is 0 Å². The molecular formula is C6H12O4. The molecule has 1 heterocycles. The van der Waals surface area contributed by atoms with Gasteiger partial charge in [-0.25, -0.2) is 0 Å². The van der Waals surface area contributed by atoms with Gasteiger partial charge >= 0.3 is 0 Å². The van der Waals surface area contributed by atoms with Crippen molar-refractivity contribution in [2.75, 3.05) is 0 Å². The van der Waals surface area contributed by atoms with Crippen molar-refractivity contribution in [3.8, 4) is 0 Å². The quantitative estimate of drug-likeness (QED) is 0.438. The highest BCUT2D eigenvalue weighted by molar-refractivity contribution is 4.84. The predicted octanol–water partition coefficient (Wildman–Crippen LogP) is -1.16. The molecule has 1 fully saturated rings. The second kappa shape index (κ2) is 2.84. The highest BCUT2D eigenvalue weighted by Crippen LogP contribution is 2.21. The fraction of sp³-hybridized carbons (Fsp3) is 1.00. The zero-order chi connectivity index (χ0) is 7.72. The van der Waals surface area contributed by atoms with Gasteiger partial charge in [-0.3, -0.25) is 0 Å². The van der Waals surface area contributed by atoms with E-state index in [0.717, 1.165) is 0 Å². The average Bonchev–Trinajstić information content (AvgIpc) is 2.17. The van der Waals surface area contributed by atoms with Crippen LogP contribution in [0.1, 0.15) is 13.3 Å². The highest BCUT2D eigenvalue weighted by Gasteiger charge is 2.40. The van der Waals surface area contributed by atoms with E-state index in [0.29, 0.717) is 6.42 Å². The van der Waals surface area contributed by atoms with Crippen LogP contribution >= 0.6 is 0 Å². The van der Waals surface area contributed by atoms with Gasteiger partial charge in [0.15, 0.2) is 6.29 Å². The molecule has 0 radical (unpaired) electrons. The SMILES string of the molecule is CC[C@H]1OC(O)[C@@H](O)[C@@H]1O. The van der Waals surface area contributed by atoms with Crippen LogP contribution in [0.5, 0.6) is 0 Å². The third-order valence-corrected chi connectivity index (χ3v) is 1.74. The van der Waals surface area contributed by atoms with Gasteiger partial charge in [-0.2, -0.15) is 0 Å². The first-order valence-corrected chi connectivity index (χ1v) is 3.36. The van der Waals surface area contributed by atoms with Gasteiger partial charge in [-0.15, -0.1) is 0 Å². The summed E-state index contributed by atoms with van der Waals surface area (Å²) in [4.78, 5) is 0. The van der Waals surface area contributed by atoms with Crippen LogP contribution in [-0.2, 0) is 4.74 Å². The first kappa shape index (κ1) is 7.94. The van der Waals surface area contributed by atoms with Gasteiger partial charge < -0.3 is 20.1 Å². The summed E-state index contributed by atoms with van der Waals surface area (Å²) in [6, 6.07) is 0. The number of hydrogen-bond acceptors (Lipinski definition) is 4. The maximum Gasteiger partial charge on any atom is 0.183 e. The van der Waals surface area contributed by atoms with Gasteiger partial charge in [0.25, 0.3) is 0 Å². The molecule has 0 aliphatic carbocycles. The van der Waals surface area contributed by atoms with Crippen molar-refractivity contribution in [1.29, 1.82) is 0 Å². The monoisotopic (exact) mass is 148 g/mol. The molecule has 0 amide bonds. The first-order valence-electron chi connectivity index (χ1n) is 3.36. The fourth-order valence-corrected chi connectivity index (χ4v) is 1.07. The lowest BCUT2D eigenvalue weighted by Crippen LogP contribution is -2.31. The maximum absolute atomic E-state index is 9.09. The molecule has 0 saturated carbocycles. The Kier molecular flexibility index (Phi) is 2.25. The zero-order valence-corrected chi connectivity index (χ0v) is 5.77. The Morgan fingerprint density at radius 3 is 2.00 bits per heavy atom. The molecule has 10 heavy (non-hydrogen) atoms. The van der Waals surface area contributed by atoms with E-state index in [1.807, 2.05) is 6.92 Å². The first-order chi connectivity index (χ1) is 4.66. The van der Waals surface area contributed by atoms with E-state index < -0.39 is 24.6 Å². The molecule has 4 atom stereocenters. The number of ether oxygens (including phenoxy) is 1. The minimum Gasteiger partial charge on any atom is -0.387 e. The number of aliphatic hydroxyl groups is 3. The molecule has 0 spiro atoms. The lowest BCUT2D eigenvalue weighted by Gasteiger charge is -2.10. The molecule has 3 N–H and O–H groups in total. The standard InChI is InChI=1S/C6H12O4/c1-2-3-4(7)5(8)6(9)10-3/h3-9H,2H2,1H3/t3-,4-,5+,6?/m1/s1. The molecule has 0 aromatic rings. The minimum absolute atomic E-state index is 0.426. The van der Waals surface area contributed by atoms with E-state index in [1.165, 1.54) is 0 Å². The third-order valence-electron chi connectivity index (χ3n) is 1.74. The minimum atomic E-state index is -1.22. The lowest BCUT2D eigenvalue weighted by molar-refractivity contribution is -0.127. The molecule has 1 unspecified atom stereocenters. The van der Waals surface area contributed by atoms with E-state index in [9.17, 15) is 0 Å².